The highest BCUT2D eigenvalue weighted by Gasteiger charge is 2.49. The van der Waals surface area contributed by atoms with Gasteiger partial charge in [-0.25, -0.2) is 0 Å². The number of carbonyl (C=O) groups excluding carboxylic acids is 2. The molecule has 0 aliphatic carbocycles. The Hall–Kier alpha value is -4.49. The van der Waals surface area contributed by atoms with E-state index < -0.39 is 102 Å². The number of aromatic hydroxyl groups is 1. The molecule has 0 radical (unpaired) electrons. The van der Waals surface area contributed by atoms with Gasteiger partial charge >= 0.3 is 11.9 Å². The number of ether oxygens (including phenoxy) is 7. The summed E-state index contributed by atoms with van der Waals surface area (Å²) in [5.41, 5.74) is -0.911. The minimum absolute atomic E-state index is 0.203. The molecule has 5 rings (SSSR count). The number of hydrogen-bond acceptors (Lipinski definition) is 17. The van der Waals surface area contributed by atoms with Gasteiger partial charge in [-0.3, -0.25) is 14.4 Å². The van der Waals surface area contributed by atoms with E-state index in [2.05, 4.69) is 0 Å². The molecule has 2 saturated heterocycles. The third-order valence-electron chi connectivity index (χ3n) is 7.95. The molecule has 3 heterocycles. The second-order valence-corrected chi connectivity index (χ2v) is 11.4. The summed E-state index contributed by atoms with van der Waals surface area (Å²) in [6.07, 6.45) is -15.2. The van der Waals surface area contributed by atoms with Gasteiger partial charge < -0.3 is 68.2 Å². The maximum Gasteiger partial charge on any atom is 0.303 e. The predicted molar refractivity (Wildman–Crippen MR) is 163 cm³/mol. The first-order chi connectivity index (χ1) is 23.2. The van der Waals surface area contributed by atoms with E-state index in [-0.39, 0.29) is 22.7 Å². The van der Waals surface area contributed by atoms with Crippen molar-refractivity contribution in [3.05, 3.63) is 46.6 Å². The fourth-order valence-electron chi connectivity index (χ4n) is 5.54. The molecule has 10 atom stereocenters. The summed E-state index contributed by atoms with van der Waals surface area (Å²) in [6.45, 7) is 2.95. The third-order valence-corrected chi connectivity index (χ3v) is 7.95. The SMILES string of the molecule is COc1ccc(-c2oc3cc(O[C@@H]4O[C@H](CO)[C@@H](O)[C@H](O)[C@H]4O)cc(O)c3c(=O)c2O[C@@H]2O[C@@H](C)[C@H](OC(C)=O)[C@@H](O)[C@H]2OC(C)=O)cc1. The van der Waals surface area contributed by atoms with Crippen LogP contribution in [0.2, 0.25) is 0 Å². The number of hydrogen-bond donors (Lipinski definition) is 6. The van der Waals surface area contributed by atoms with Gasteiger partial charge in [0.2, 0.25) is 23.8 Å². The minimum atomic E-state index is -1.77. The molecule has 2 aliphatic heterocycles. The zero-order chi connectivity index (χ0) is 35.7. The Bertz CT molecular complexity index is 1720. The van der Waals surface area contributed by atoms with Gasteiger partial charge in [-0.15, -0.1) is 0 Å². The van der Waals surface area contributed by atoms with Gasteiger partial charge in [0.05, 0.1) is 19.8 Å². The van der Waals surface area contributed by atoms with Crippen molar-refractivity contribution in [1.29, 1.82) is 0 Å². The standard InChI is InChI=1S/C32H36O17/c1-12-27(44-13(2)34)26(41)30(45-14(3)35)32(43-12)49-29-23(38)21-18(36)9-17(46-31-25(40)24(39)22(37)20(11-33)48-31)10-19(21)47-28(29)15-5-7-16(42-4)8-6-15/h5-10,12,20,22,24-27,30-33,36-37,39-41H,11H2,1-4H3/t12-,20+,22+,24-,25+,26+,27-,30+,31+,32-/m0/s1. The van der Waals surface area contributed by atoms with Crippen molar-refractivity contribution < 1.29 is 77.8 Å². The van der Waals surface area contributed by atoms with Crippen molar-refractivity contribution in [3.8, 4) is 34.3 Å². The van der Waals surface area contributed by atoms with Gasteiger partial charge in [0.1, 0.15) is 58.7 Å². The van der Waals surface area contributed by atoms with Crippen LogP contribution in [0.4, 0.5) is 0 Å². The second kappa shape index (κ2) is 14.6. The Morgan fingerprint density at radius 2 is 1.47 bits per heavy atom. The van der Waals surface area contributed by atoms with E-state index in [0.717, 1.165) is 19.9 Å². The molecule has 2 aliphatic rings. The molecule has 0 amide bonds. The van der Waals surface area contributed by atoms with Crippen LogP contribution >= 0.6 is 0 Å². The molecule has 2 fully saturated rings. The van der Waals surface area contributed by atoms with E-state index in [0.29, 0.717) is 5.75 Å². The molecule has 17 heteroatoms. The second-order valence-electron chi connectivity index (χ2n) is 11.4. The molecule has 6 N–H and O–H groups in total. The summed E-state index contributed by atoms with van der Waals surface area (Å²) in [6, 6.07) is 8.36. The fraction of sp³-hybridized carbons (Fsp3) is 0.469. The molecule has 49 heavy (non-hydrogen) atoms. The lowest BCUT2D eigenvalue weighted by Gasteiger charge is -2.41. The molecule has 266 valence electrons. The Morgan fingerprint density at radius 1 is 0.816 bits per heavy atom. The number of phenolic OH excluding ortho intramolecular Hbond substituents is 1. The summed E-state index contributed by atoms with van der Waals surface area (Å²) in [5, 5.41) is 61.8. The van der Waals surface area contributed by atoms with Crippen molar-refractivity contribution in [2.75, 3.05) is 13.7 Å². The van der Waals surface area contributed by atoms with Gasteiger partial charge in [0, 0.05) is 31.5 Å². The molecule has 0 saturated carbocycles. The fourth-order valence-corrected chi connectivity index (χ4v) is 5.54. The Labute approximate surface area is 277 Å². The van der Waals surface area contributed by atoms with Crippen LogP contribution in [-0.2, 0) is 28.5 Å². The lowest BCUT2D eigenvalue weighted by molar-refractivity contribution is -0.277. The molecular weight excluding hydrogens is 656 g/mol. The van der Waals surface area contributed by atoms with Crippen molar-refractivity contribution in [2.24, 2.45) is 0 Å². The maximum absolute atomic E-state index is 14.1. The first kappa shape index (κ1) is 35.8. The van der Waals surface area contributed by atoms with Gasteiger partial charge in [0.25, 0.3) is 0 Å². The number of rotatable bonds is 9. The zero-order valence-corrected chi connectivity index (χ0v) is 26.6. The van der Waals surface area contributed by atoms with Crippen LogP contribution in [0.5, 0.6) is 23.0 Å². The molecule has 0 spiro atoms. The summed E-state index contributed by atoms with van der Waals surface area (Å²) >= 11 is 0. The lowest BCUT2D eigenvalue weighted by atomic mass is 9.99. The summed E-state index contributed by atoms with van der Waals surface area (Å²) in [5.74, 6) is -2.74. The number of fused-ring (bicyclic) bond motifs is 1. The van der Waals surface area contributed by atoms with E-state index >= 15 is 0 Å². The van der Waals surface area contributed by atoms with Crippen molar-refractivity contribution >= 4 is 22.9 Å². The number of methoxy groups -OCH3 is 1. The summed E-state index contributed by atoms with van der Waals surface area (Å²) in [7, 11) is 1.45. The number of carbonyl (C=O) groups is 2. The molecule has 3 aromatic rings. The summed E-state index contributed by atoms with van der Waals surface area (Å²) < 4.78 is 44.6. The maximum atomic E-state index is 14.1. The quantitative estimate of drug-likeness (QED) is 0.158. The average molecular weight is 693 g/mol. The van der Waals surface area contributed by atoms with E-state index in [1.807, 2.05) is 0 Å². The van der Waals surface area contributed by atoms with Crippen LogP contribution in [-0.4, -0.2) is 118 Å². The molecule has 2 aromatic carbocycles. The topological polar surface area (TPSA) is 250 Å². The van der Waals surface area contributed by atoms with E-state index in [1.165, 1.54) is 32.2 Å². The van der Waals surface area contributed by atoms with Gasteiger partial charge in [-0.05, 0) is 31.2 Å². The molecule has 0 unspecified atom stereocenters. The van der Waals surface area contributed by atoms with Crippen LogP contribution in [0.25, 0.3) is 22.3 Å². The molecule has 17 nitrogen and oxygen atoms in total. The smallest absolute Gasteiger partial charge is 0.303 e. The molecule has 1 aromatic heterocycles. The first-order valence-electron chi connectivity index (χ1n) is 15.0. The van der Waals surface area contributed by atoms with Gasteiger partial charge in [-0.2, -0.15) is 0 Å². The van der Waals surface area contributed by atoms with Crippen LogP contribution in [0.3, 0.4) is 0 Å². The highest BCUT2D eigenvalue weighted by Crippen LogP contribution is 2.39. The van der Waals surface area contributed by atoms with E-state index in [4.69, 9.17) is 37.6 Å². The van der Waals surface area contributed by atoms with Gasteiger partial charge in [-0.1, -0.05) is 0 Å². The Balaban J connectivity index is 1.59. The number of aliphatic hydroxyl groups is 5. The third kappa shape index (κ3) is 7.28. The van der Waals surface area contributed by atoms with Crippen molar-refractivity contribution in [3.63, 3.8) is 0 Å². The highest BCUT2D eigenvalue weighted by molar-refractivity contribution is 5.88. The van der Waals surface area contributed by atoms with Crippen molar-refractivity contribution in [1.82, 2.24) is 0 Å². The average Bonchev–Trinajstić information content (AvgIpc) is 3.05. The van der Waals surface area contributed by atoms with E-state index in [9.17, 15) is 45.0 Å². The minimum Gasteiger partial charge on any atom is -0.507 e. The van der Waals surface area contributed by atoms with Crippen molar-refractivity contribution in [2.45, 2.75) is 82.2 Å². The van der Waals surface area contributed by atoms with Crippen LogP contribution in [0.1, 0.15) is 20.8 Å². The number of esters is 2. The zero-order valence-electron chi connectivity index (χ0n) is 26.6. The lowest BCUT2D eigenvalue weighted by Crippen LogP contribution is -2.60. The Kier molecular flexibility index (Phi) is 10.6. The predicted octanol–water partition coefficient (Wildman–Crippen LogP) is -0.299. The normalized spacial score (nSPS) is 30.0. The summed E-state index contributed by atoms with van der Waals surface area (Å²) in [4.78, 5) is 37.8. The monoisotopic (exact) mass is 692 g/mol. The number of benzene rings is 2. The Morgan fingerprint density at radius 3 is 2.08 bits per heavy atom. The van der Waals surface area contributed by atoms with Crippen LogP contribution in [0, 0.1) is 0 Å². The van der Waals surface area contributed by atoms with Gasteiger partial charge in [0.15, 0.2) is 18.0 Å². The largest absolute Gasteiger partial charge is 0.507 e. The number of aliphatic hydroxyl groups excluding tert-OH is 5. The molecular formula is C32H36O17. The van der Waals surface area contributed by atoms with E-state index in [1.54, 1.807) is 12.1 Å². The first-order valence-corrected chi connectivity index (χ1v) is 15.0. The number of phenols is 1. The molecule has 0 bridgehead atoms. The van der Waals surface area contributed by atoms with Crippen LogP contribution in [0.15, 0.2) is 45.6 Å². The van der Waals surface area contributed by atoms with Crippen LogP contribution < -0.4 is 19.6 Å². The highest BCUT2D eigenvalue weighted by atomic mass is 16.7.